The molecule has 18 heavy (non-hydrogen) atoms. The van der Waals surface area contributed by atoms with E-state index in [9.17, 15) is 15.0 Å². The van der Waals surface area contributed by atoms with Gasteiger partial charge >= 0.3 is 5.63 Å². The monoisotopic (exact) mass is 246 g/mol. The van der Waals surface area contributed by atoms with Crippen molar-refractivity contribution in [3.63, 3.8) is 0 Å². The molecule has 0 aliphatic carbocycles. The van der Waals surface area contributed by atoms with Crippen LogP contribution in [-0.2, 0) is 6.42 Å². The van der Waals surface area contributed by atoms with Crippen LogP contribution in [0.2, 0.25) is 0 Å². The van der Waals surface area contributed by atoms with Crippen LogP contribution < -0.4 is 5.63 Å². The maximum atomic E-state index is 11.3. The van der Waals surface area contributed by atoms with Gasteiger partial charge in [0.05, 0.1) is 0 Å². The maximum Gasteiger partial charge on any atom is 0.378 e. The summed E-state index contributed by atoms with van der Waals surface area (Å²) in [7, 11) is 0. The van der Waals surface area contributed by atoms with Crippen LogP contribution in [-0.4, -0.2) is 10.2 Å². The van der Waals surface area contributed by atoms with Gasteiger partial charge in [0.15, 0.2) is 0 Å². The van der Waals surface area contributed by atoms with E-state index in [1.807, 2.05) is 19.9 Å². The number of rotatable bonds is 2. The highest BCUT2D eigenvalue weighted by molar-refractivity contribution is 5.83. The summed E-state index contributed by atoms with van der Waals surface area (Å²) in [6.45, 7) is 3.90. The summed E-state index contributed by atoms with van der Waals surface area (Å²) in [5.74, 6) is -0.352. The van der Waals surface area contributed by atoms with Gasteiger partial charge in [-0.1, -0.05) is 11.6 Å². The number of hydrogen-bond donors (Lipinski definition) is 2. The fraction of sp³-hybridized carbons (Fsp3) is 0.214. The molecular weight excluding hydrogens is 232 g/mol. The van der Waals surface area contributed by atoms with Crippen LogP contribution in [0.3, 0.4) is 0 Å². The molecule has 0 aliphatic rings. The summed E-state index contributed by atoms with van der Waals surface area (Å²) in [5, 5.41) is 19.7. The van der Waals surface area contributed by atoms with Crippen LogP contribution in [0.5, 0.6) is 11.5 Å². The van der Waals surface area contributed by atoms with Crippen molar-refractivity contribution < 1.29 is 14.6 Å². The minimum Gasteiger partial charge on any atom is -0.508 e. The van der Waals surface area contributed by atoms with E-state index in [2.05, 4.69) is 0 Å². The summed E-state index contributed by atoms with van der Waals surface area (Å²) in [4.78, 5) is 11.3. The number of allylic oxidation sites excluding steroid dienone is 2. The fourth-order valence-corrected chi connectivity index (χ4v) is 1.72. The van der Waals surface area contributed by atoms with Crippen molar-refractivity contribution in [2.45, 2.75) is 20.3 Å². The van der Waals surface area contributed by atoms with E-state index in [1.54, 1.807) is 6.07 Å². The Morgan fingerprint density at radius 3 is 2.67 bits per heavy atom. The number of phenolic OH excluding ortho intramolecular Hbond substituents is 1. The Kier molecular flexibility index (Phi) is 3.10. The molecule has 1 heterocycles. The van der Waals surface area contributed by atoms with Gasteiger partial charge in [-0.15, -0.1) is 0 Å². The Balaban J connectivity index is 2.70. The SMILES string of the molecule is CC(C)=CCc1c(O)ccc2cc(O)c(=O)oc12. The van der Waals surface area contributed by atoms with Gasteiger partial charge in [0.25, 0.3) is 0 Å². The van der Waals surface area contributed by atoms with Gasteiger partial charge in [-0.25, -0.2) is 4.79 Å². The third-order valence-electron chi connectivity index (χ3n) is 2.68. The summed E-state index contributed by atoms with van der Waals surface area (Å²) in [5.41, 5.74) is 1.17. The Morgan fingerprint density at radius 1 is 1.28 bits per heavy atom. The summed E-state index contributed by atoms with van der Waals surface area (Å²) in [6, 6.07) is 4.46. The van der Waals surface area contributed by atoms with Crippen molar-refractivity contribution in [2.75, 3.05) is 0 Å². The average Bonchev–Trinajstić information content (AvgIpc) is 2.30. The molecule has 0 atom stereocenters. The smallest absolute Gasteiger partial charge is 0.378 e. The molecular formula is C14H14O4. The second kappa shape index (κ2) is 4.56. The first-order chi connectivity index (χ1) is 8.49. The molecule has 0 spiro atoms. The van der Waals surface area contributed by atoms with Crippen molar-refractivity contribution in [3.05, 3.63) is 45.8 Å². The van der Waals surface area contributed by atoms with Crippen LogP contribution in [0, 0.1) is 0 Å². The standard InChI is InChI=1S/C14H14O4/c1-8(2)3-5-10-11(15)6-4-9-7-12(16)14(17)18-13(9)10/h3-4,6-7,15-16H,5H2,1-2H3. The molecule has 94 valence electrons. The van der Waals surface area contributed by atoms with Crippen molar-refractivity contribution in [2.24, 2.45) is 0 Å². The van der Waals surface area contributed by atoms with Gasteiger partial charge in [0, 0.05) is 10.9 Å². The normalized spacial score (nSPS) is 10.6. The van der Waals surface area contributed by atoms with Gasteiger partial charge in [-0.2, -0.15) is 0 Å². The second-order valence-electron chi connectivity index (χ2n) is 4.39. The van der Waals surface area contributed by atoms with E-state index < -0.39 is 11.4 Å². The lowest BCUT2D eigenvalue weighted by atomic mass is 10.1. The van der Waals surface area contributed by atoms with E-state index in [-0.39, 0.29) is 5.75 Å². The van der Waals surface area contributed by atoms with Gasteiger partial charge in [-0.3, -0.25) is 0 Å². The zero-order valence-electron chi connectivity index (χ0n) is 10.2. The van der Waals surface area contributed by atoms with E-state index in [4.69, 9.17) is 4.42 Å². The molecule has 0 aliphatic heterocycles. The molecule has 2 N–H and O–H groups in total. The largest absolute Gasteiger partial charge is 0.508 e. The van der Waals surface area contributed by atoms with Crippen LogP contribution >= 0.6 is 0 Å². The lowest BCUT2D eigenvalue weighted by molar-refractivity contribution is 0.425. The minimum atomic E-state index is -0.799. The highest BCUT2D eigenvalue weighted by Crippen LogP contribution is 2.28. The van der Waals surface area contributed by atoms with E-state index in [0.29, 0.717) is 23.0 Å². The highest BCUT2D eigenvalue weighted by Gasteiger charge is 2.11. The molecule has 4 nitrogen and oxygen atoms in total. The molecule has 2 aromatic rings. The van der Waals surface area contributed by atoms with Gasteiger partial charge in [0.2, 0.25) is 5.75 Å². The van der Waals surface area contributed by atoms with Crippen LogP contribution in [0.15, 0.2) is 39.1 Å². The lowest BCUT2D eigenvalue weighted by Crippen LogP contribution is -1.99. The summed E-state index contributed by atoms with van der Waals surface area (Å²) >= 11 is 0. The van der Waals surface area contributed by atoms with E-state index >= 15 is 0 Å². The lowest BCUT2D eigenvalue weighted by Gasteiger charge is -2.06. The third kappa shape index (κ3) is 2.22. The van der Waals surface area contributed by atoms with Crippen LogP contribution in [0.1, 0.15) is 19.4 Å². The first kappa shape index (κ1) is 12.2. The van der Waals surface area contributed by atoms with Gasteiger partial charge < -0.3 is 14.6 Å². The van der Waals surface area contributed by atoms with Crippen LogP contribution in [0.25, 0.3) is 11.0 Å². The molecule has 0 bridgehead atoms. The number of benzene rings is 1. The number of fused-ring (bicyclic) bond motifs is 1. The molecule has 0 saturated carbocycles. The zero-order chi connectivity index (χ0) is 13.3. The molecule has 0 radical (unpaired) electrons. The molecule has 4 heteroatoms. The topological polar surface area (TPSA) is 70.7 Å². The fourth-order valence-electron chi connectivity index (χ4n) is 1.72. The zero-order valence-corrected chi connectivity index (χ0v) is 10.2. The van der Waals surface area contributed by atoms with E-state index in [0.717, 1.165) is 5.57 Å². The van der Waals surface area contributed by atoms with Crippen molar-refractivity contribution >= 4 is 11.0 Å². The van der Waals surface area contributed by atoms with Crippen molar-refractivity contribution in [3.8, 4) is 11.5 Å². The second-order valence-corrected chi connectivity index (χ2v) is 4.39. The number of phenols is 1. The van der Waals surface area contributed by atoms with Crippen molar-refractivity contribution in [1.82, 2.24) is 0 Å². The van der Waals surface area contributed by atoms with Crippen molar-refractivity contribution in [1.29, 1.82) is 0 Å². The molecule has 1 aromatic carbocycles. The highest BCUT2D eigenvalue weighted by atomic mass is 16.4. The number of aromatic hydroxyl groups is 2. The quantitative estimate of drug-likeness (QED) is 0.631. The molecule has 0 amide bonds. The molecule has 1 aromatic heterocycles. The molecule has 0 unspecified atom stereocenters. The number of hydrogen-bond acceptors (Lipinski definition) is 4. The average molecular weight is 246 g/mol. The summed E-state index contributed by atoms with van der Waals surface area (Å²) in [6.07, 6.45) is 2.40. The van der Waals surface area contributed by atoms with Gasteiger partial charge in [-0.05, 0) is 38.5 Å². The molecule has 0 saturated heterocycles. The first-order valence-electron chi connectivity index (χ1n) is 5.60. The minimum absolute atomic E-state index is 0.0776. The Labute approximate surface area is 104 Å². The Hall–Kier alpha value is -2.23. The Morgan fingerprint density at radius 2 is 2.00 bits per heavy atom. The van der Waals surface area contributed by atoms with Crippen LogP contribution in [0.4, 0.5) is 0 Å². The van der Waals surface area contributed by atoms with Gasteiger partial charge in [0.1, 0.15) is 11.3 Å². The van der Waals surface area contributed by atoms with E-state index in [1.165, 1.54) is 12.1 Å². The molecule has 0 fully saturated rings. The maximum absolute atomic E-state index is 11.3. The molecule has 2 rings (SSSR count). The predicted octanol–water partition coefficient (Wildman–Crippen LogP) is 2.71. The summed E-state index contributed by atoms with van der Waals surface area (Å²) < 4.78 is 5.04. The third-order valence-corrected chi connectivity index (χ3v) is 2.68. The Bertz CT molecular complexity index is 676. The first-order valence-corrected chi connectivity index (χ1v) is 5.60. The predicted molar refractivity (Wildman–Crippen MR) is 68.9 cm³/mol.